The van der Waals surface area contributed by atoms with E-state index in [2.05, 4.69) is 14.2 Å². The molecule has 1 heterocycles. The quantitative estimate of drug-likeness (QED) is 0.436. The zero-order chi connectivity index (χ0) is 14.5. The number of hydrogen-bond donors (Lipinski definition) is 0. The molecular formula is C11H16N2O5S. The molecule has 19 heavy (non-hydrogen) atoms. The fourth-order valence-electron chi connectivity index (χ4n) is 1.35. The molecule has 0 saturated heterocycles. The molecule has 0 aliphatic carbocycles. The number of carbonyl (C=O) groups is 1. The van der Waals surface area contributed by atoms with Crippen LogP contribution in [-0.4, -0.2) is 38.1 Å². The van der Waals surface area contributed by atoms with Crippen molar-refractivity contribution in [2.45, 2.75) is 31.8 Å². The minimum atomic E-state index is -4.04. The molecule has 0 radical (unpaired) electrons. The van der Waals surface area contributed by atoms with Gasteiger partial charge in [0.2, 0.25) is 0 Å². The van der Waals surface area contributed by atoms with Crippen molar-refractivity contribution >= 4 is 16.1 Å². The molecular weight excluding hydrogens is 272 g/mol. The van der Waals surface area contributed by atoms with Gasteiger partial charge in [0.25, 0.3) is 5.16 Å². The molecule has 0 fully saturated rings. The summed E-state index contributed by atoms with van der Waals surface area (Å²) in [7, 11) is -3.03. The zero-order valence-electron chi connectivity index (χ0n) is 11.0. The number of aromatic nitrogens is 2. The molecule has 0 amide bonds. The molecule has 0 saturated carbocycles. The van der Waals surface area contributed by atoms with Crippen LogP contribution in [0.1, 0.15) is 36.5 Å². The van der Waals surface area contributed by atoms with Gasteiger partial charge in [0.05, 0.1) is 13.7 Å². The first-order valence-electron chi connectivity index (χ1n) is 5.80. The molecule has 0 N–H and O–H groups in total. The highest BCUT2D eigenvalue weighted by molar-refractivity contribution is 7.86. The minimum Gasteiger partial charge on any atom is -0.461 e. The van der Waals surface area contributed by atoms with Gasteiger partial charge >= 0.3 is 16.1 Å². The van der Waals surface area contributed by atoms with E-state index < -0.39 is 21.2 Å². The van der Waals surface area contributed by atoms with Crippen LogP contribution < -0.4 is 0 Å². The molecule has 0 aliphatic heterocycles. The van der Waals surface area contributed by atoms with Crippen LogP contribution >= 0.6 is 0 Å². The summed E-state index contributed by atoms with van der Waals surface area (Å²) < 4.78 is 32.3. The number of aryl methyl sites for hydroxylation is 1. The molecule has 1 aromatic heterocycles. The average molecular weight is 288 g/mol. The van der Waals surface area contributed by atoms with Crippen LogP contribution in [0.3, 0.4) is 0 Å². The molecule has 8 heteroatoms. The van der Waals surface area contributed by atoms with Gasteiger partial charge < -0.3 is 4.74 Å². The Labute approximate surface area is 112 Å². The third-order valence-electron chi connectivity index (χ3n) is 2.19. The Balaban J connectivity index is 3.29. The van der Waals surface area contributed by atoms with Crippen molar-refractivity contribution in [3.63, 3.8) is 0 Å². The zero-order valence-corrected chi connectivity index (χ0v) is 11.9. The lowest BCUT2D eigenvalue weighted by molar-refractivity contribution is 0.0518. The van der Waals surface area contributed by atoms with E-state index >= 15 is 0 Å². The Morgan fingerprint density at radius 1 is 1.32 bits per heavy atom. The van der Waals surface area contributed by atoms with Crippen LogP contribution in [0, 0.1) is 0 Å². The van der Waals surface area contributed by atoms with Gasteiger partial charge in [0.1, 0.15) is 0 Å². The van der Waals surface area contributed by atoms with Crippen LogP contribution in [-0.2, 0) is 25.5 Å². The minimum absolute atomic E-state index is 0.0871. The summed E-state index contributed by atoms with van der Waals surface area (Å²) in [6, 6.07) is 1.43. The first-order valence-corrected chi connectivity index (χ1v) is 7.21. The van der Waals surface area contributed by atoms with E-state index in [1.54, 1.807) is 6.92 Å². The number of rotatable bonds is 6. The summed E-state index contributed by atoms with van der Waals surface area (Å²) in [5.74, 6) is -0.685. The van der Waals surface area contributed by atoms with E-state index in [4.69, 9.17) is 4.74 Å². The maximum Gasteiger partial charge on any atom is 0.357 e. The van der Waals surface area contributed by atoms with Gasteiger partial charge in [-0.15, -0.1) is 0 Å². The average Bonchev–Trinajstić information content (AvgIpc) is 2.39. The van der Waals surface area contributed by atoms with Crippen molar-refractivity contribution < 1.29 is 22.1 Å². The van der Waals surface area contributed by atoms with Crippen LogP contribution in [0.25, 0.3) is 0 Å². The lowest BCUT2D eigenvalue weighted by atomic mass is 10.2. The second kappa shape index (κ2) is 6.58. The molecule has 0 atom stereocenters. The largest absolute Gasteiger partial charge is 0.461 e. The van der Waals surface area contributed by atoms with Crippen molar-refractivity contribution in [2.75, 3.05) is 13.7 Å². The standard InChI is InChI=1S/C11H16N2O5S/c1-4-6-8-7-9(10(14)18-5-2)13-11(12-8)19(15,16)17-3/h7H,4-6H2,1-3H3. The Hall–Kier alpha value is -1.54. The van der Waals surface area contributed by atoms with E-state index in [0.717, 1.165) is 13.5 Å². The monoisotopic (exact) mass is 288 g/mol. The maximum atomic E-state index is 11.6. The molecule has 1 aromatic rings. The van der Waals surface area contributed by atoms with Crippen molar-refractivity contribution in [2.24, 2.45) is 0 Å². The fraction of sp³-hybridized carbons (Fsp3) is 0.545. The Morgan fingerprint density at radius 3 is 2.53 bits per heavy atom. The normalized spacial score (nSPS) is 11.3. The molecule has 1 rings (SSSR count). The molecule has 7 nitrogen and oxygen atoms in total. The summed E-state index contributed by atoms with van der Waals surface area (Å²) in [6.45, 7) is 3.74. The highest BCUT2D eigenvalue weighted by Crippen LogP contribution is 2.11. The third-order valence-corrected chi connectivity index (χ3v) is 3.26. The van der Waals surface area contributed by atoms with Gasteiger partial charge in [-0.25, -0.2) is 14.8 Å². The van der Waals surface area contributed by atoms with E-state index in [1.165, 1.54) is 6.07 Å². The summed E-state index contributed by atoms with van der Waals surface area (Å²) in [6.07, 6.45) is 1.28. The van der Waals surface area contributed by atoms with E-state index in [9.17, 15) is 13.2 Å². The summed E-state index contributed by atoms with van der Waals surface area (Å²) in [4.78, 5) is 19.2. The van der Waals surface area contributed by atoms with Gasteiger partial charge in [0.15, 0.2) is 5.69 Å². The number of esters is 1. The summed E-state index contributed by atoms with van der Waals surface area (Å²) >= 11 is 0. The number of ether oxygens (including phenoxy) is 1. The number of hydrogen-bond acceptors (Lipinski definition) is 7. The van der Waals surface area contributed by atoms with Crippen LogP contribution in [0.15, 0.2) is 11.2 Å². The van der Waals surface area contributed by atoms with Crippen molar-refractivity contribution in [1.29, 1.82) is 0 Å². The molecule has 0 bridgehead atoms. The topological polar surface area (TPSA) is 95.5 Å². The first-order chi connectivity index (χ1) is 8.94. The predicted octanol–water partition coefficient (Wildman–Crippen LogP) is 0.941. The van der Waals surface area contributed by atoms with E-state index in [1.807, 2.05) is 6.92 Å². The van der Waals surface area contributed by atoms with Crippen LogP contribution in [0.5, 0.6) is 0 Å². The highest BCUT2D eigenvalue weighted by atomic mass is 32.2. The maximum absolute atomic E-state index is 11.6. The molecule has 106 valence electrons. The second-order valence-corrected chi connectivity index (χ2v) is 5.23. The van der Waals surface area contributed by atoms with Crippen molar-refractivity contribution in [1.82, 2.24) is 9.97 Å². The first kappa shape index (κ1) is 15.5. The molecule has 0 aliphatic rings. The molecule has 0 unspecified atom stereocenters. The van der Waals surface area contributed by atoms with Gasteiger partial charge in [0, 0.05) is 5.69 Å². The van der Waals surface area contributed by atoms with E-state index in [0.29, 0.717) is 12.1 Å². The molecule has 0 spiro atoms. The third kappa shape index (κ3) is 3.97. The van der Waals surface area contributed by atoms with Crippen LogP contribution in [0.2, 0.25) is 0 Å². The lowest BCUT2D eigenvalue weighted by Crippen LogP contribution is -2.15. The van der Waals surface area contributed by atoms with Gasteiger partial charge in [-0.1, -0.05) is 13.3 Å². The Kier molecular flexibility index (Phi) is 5.37. The fourth-order valence-corrected chi connectivity index (χ4v) is 1.94. The lowest BCUT2D eigenvalue weighted by Gasteiger charge is -2.06. The van der Waals surface area contributed by atoms with Crippen molar-refractivity contribution in [3.8, 4) is 0 Å². The van der Waals surface area contributed by atoms with E-state index in [-0.39, 0.29) is 12.3 Å². The number of nitrogens with zero attached hydrogens (tertiary/aromatic N) is 2. The Bertz CT molecular complexity index is 556. The highest BCUT2D eigenvalue weighted by Gasteiger charge is 2.21. The van der Waals surface area contributed by atoms with Gasteiger partial charge in [-0.2, -0.15) is 8.42 Å². The predicted molar refractivity (Wildman–Crippen MR) is 66.2 cm³/mol. The summed E-state index contributed by atoms with van der Waals surface area (Å²) in [5, 5.41) is -0.524. The van der Waals surface area contributed by atoms with Crippen LogP contribution in [0.4, 0.5) is 0 Å². The van der Waals surface area contributed by atoms with Gasteiger partial charge in [-0.05, 0) is 19.4 Å². The molecule has 0 aromatic carbocycles. The van der Waals surface area contributed by atoms with Crippen molar-refractivity contribution in [3.05, 3.63) is 17.5 Å². The smallest absolute Gasteiger partial charge is 0.357 e. The van der Waals surface area contributed by atoms with Gasteiger partial charge in [-0.3, -0.25) is 4.18 Å². The SMILES string of the molecule is CCCc1cc(C(=O)OCC)nc(S(=O)(=O)OC)n1. The Morgan fingerprint density at radius 2 is 2.00 bits per heavy atom. The summed E-state index contributed by atoms with van der Waals surface area (Å²) in [5.41, 5.74) is 0.368. The second-order valence-electron chi connectivity index (χ2n) is 3.62. The number of carbonyl (C=O) groups excluding carboxylic acids is 1.